The summed E-state index contributed by atoms with van der Waals surface area (Å²) in [7, 11) is 0. The zero-order valence-electron chi connectivity index (χ0n) is 16.1. The van der Waals surface area contributed by atoms with Gasteiger partial charge in [0.05, 0.1) is 0 Å². The van der Waals surface area contributed by atoms with Crippen LogP contribution in [0, 0.1) is 0 Å². The summed E-state index contributed by atoms with van der Waals surface area (Å²) < 4.78 is 0. The van der Waals surface area contributed by atoms with Gasteiger partial charge in [-0.3, -0.25) is 9.59 Å². The molecule has 146 valence electrons. The number of nitrogens with zero attached hydrogens (tertiary/aromatic N) is 2. The summed E-state index contributed by atoms with van der Waals surface area (Å²) in [5, 5.41) is 3.12. The zero-order chi connectivity index (χ0) is 19.3. The molecule has 1 aromatic carbocycles. The number of rotatable bonds is 4. The largest absolute Gasteiger partial charge is 0.348 e. The summed E-state index contributed by atoms with van der Waals surface area (Å²) in [5.41, 5.74) is 2.08. The van der Waals surface area contributed by atoms with Crippen molar-refractivity contribution in [3.8, 4) is 0 Å². The molecule has 2 aromatic rings. The van der Waals surface area contributed by atoms with Gasteiger partial charge in [0.25, 0.3) is 11.8 Å². The number of likely N-dealkylation sites (tertiary alicyclic amines) is 1. The lowest BCUT2D eigenvalue weighted by molar-refractivity contribution is 0.0787. The molecular formula is C23H27N3O2. The Morgan fingerprint density at radius 2 is 1.54 bits per heavy atom. The van der Waals surface area contributed by atoms with Crippen molar-refractivity contribution in [2.75, 3.05) is 13.1 Å². The maximum Gasteiger partial charge on any atom is 0.272 e. The minimum atomic E-state index is -0.181. The van der Waals surface area contributed by atoms with Crippen LogP contribution >= 0.6 is 0 Å². The molecule has 28 heavy (non-hydrogen) atoms. The number of aromatic nitrogens is 1. The second-order valence-corrected chi connectivity index (χ2v) is 7.84. The van der Waals surface area contributed by atoms with Gasteiger partial charge in [-0.15, -0.1) is 0 Å². The van der Waals surface area contributed by atoms with E-state index >= 15 is 0 Å². The van der Waals surface area contributed by atoms with Crippen LogP contribution in [0.4, 0.5) is 0 Å². The third kappa shape index (κ3) is 4.24. The standard InChI is InChI=1S/C23H27N3O2/c27-22(20-9-6-10-21(25-20)23(28)26-15-4-5-16-26)24-19-13-11-18(12-14-19)17-7-2-1-3-8-17/h1-3,6-10,18-19H,4-5,11-16H2,(H,24,27). The first-order chi connectivity index (χ1) is 13.7. The van der Waals surface area contributed by atoms with E-state index in [1.165, 1.54) is 5.56 Å². The van der Waals surface area contributed by atoms with Crippen LogP contribution in [0.25, 0.3) is 0 Å². The van der Waals surface area contributed by atoms with Crippen molar-refractivity contribution < 1.29 is 9.59 Å². The minimum absolute atomic E-state index is 0.0736. The Hall–Kier alpha value is -2.69. The summed E-state index contributed by atoms with van der Waals surface area (Å²) in [6.07, 6.45) is 6.18. The highest BCUT2D eigenvalue weighted by Crippen LogP contribution is 2.32. The molecule has 5 heteroatoms. The van der Waals surface area contributed by atoms with Gasteiger partial charge in [-0.2, -0.15) is 0 Å². The van der Waals surface area contributed by atoms with Crippen molar-refractivity contribution in [2.45, 2.75) is 50.5 Å². The molecule has 1 saturated heterocycles. The Balaban J connectivity index is 1.34. The van der Waals surface area contributed by atoms with E-state index in [9.17, 15) is 9.59 Å². The Kier molecular flexibility index (Phi) is 5.70. The third-order valence-electron chi connectivity index (χ3n) is 5.93. The van der Waals surface area contributed by atoms with Gasteiger partial charge >= 0.3 is 0 Å². The highest BCUT2D eigenvalue weighted by Gasteiger charge is 2.25. The lowest BCUT2D eigenvalue weighted by Crippen LogP contribution is -2.38. The molecule has 2 heterocycles. The number of carbonyl (C=O) groups excluding carboxylic acids is 2. The molecule has 0 bridgehead atoms. The lowest BCUT2D eigenvalue weighted by atomic mass is 9.82. The molecule has 1 saturated carbocycles. The molecule has 2 aliphatic rings. The SMILES string of the molecule is O=C(NC1CCC(c2ccccc2)CC1)c1cccc(C(=O)N2CCCC2)n1. The van der Waals surface area contributed by atoms with E-state index in [1.807, 2.05) is 11.0 Å². The van der Waals surface area contributed by atoms with Crippen molar-refractivity contribution in [3.05, 3.63) is 65.5 Å². The van der Waals surface area contributed by atoms with Crippen LogP contribution < -0.4 is 5.32 Å². The summed E-state index contributed by atoms with van der Waals surface area (Å²) in [4.78, 5) is 31.3. The quantitative estimate of drug-likeness (QED) is 0.882. The number of amides is 2. The lowest BCUT2D eigenvalue weighted by Gasteiger charge is -2.29. The zero-order valence-corrected chi connectivity index (χ0v) is 16.1. The van der Waals surface area contributed by atoms with E-state index in [2.05, 4.69) is 34.6 Å². The first-order valence-corrected chi connectivity index (χ1v) is 10.3. The number of benzene rings is 1. The minimum Gasteiger partial charge on any atom is -0.348 e. The fourth-order valence-electron chi connectivity index (χ4n) is 4.32. The van der Waals surface area contributed by atoms with Crippen molar-refractivity contribution in [2.24, 2.45) is 0 Å². The Morgan fingerprint density at radius 3 is 2.25 bits per heavy atom. The first kappa shape index (κ1) is 18.7. The molecule has 2 amide bonds. The monoisotopic (exact) mass is 377 g/mol. The molecule has 5 nitrogen and oxygen atoms in total. The van der Waals surface area contributed by atoms with E-state index in [0.717, 1.165) is 51.6 Å². The van der Waals surface area contributed by atoms with E-state index < -0.39 is 0 Å². The van der Waals surface area contributed by atoms with Gasteiger partial charge in [-0.05, 0) is 62.1 Å². The highest BCUT2D eigenvalue weighted by molar-refractivity contribution is 5.96. The van der Waals surface area contributed by atoms with Gasteiger partial charge in [0.15, 0.2) is 0 Å². The van der Waals surface area contributed by atoms with Crippen LogP contribution in [0.5, 0.6) is 0 Å². The predicted molar refractivity (Wildman–Crippen MR) is 108 cm³/mol. The van der Waals surface area contributed by atoms with Gasteiger partial charge in [-0.1, -0.05) is 36.4 Å². The topological polar surface area (TPSA) is 62.3 Å². The average molecular weight is 377 g/mol. The molecule has 1 N–H and O–H groups in total. The number of hydrogen-bond donors (Lipinski definition) is 1. The second-order valence-electron chi connectivity index (χ2n) is 7.84. The molecule has 2 fully saturated rings. The van der Waals surface area contributed by atoms with E-state index in [0.29, 0.717) is 17.3 Å². The van der Waals surface area contributed by atoms with Crippen LogP contribution in [0.1, 0.15) is 71.0 Å². The summed E-state index contributed by atoms with van der Waals surface area (Å²) in [6, 6.07) is 15.9. The maximum absolute atomic E-state index is 12.7. The molecular weight excluding hydrogens is 350 g/mol. The number of carbonyl (C=O) groups is 2. The van der Waals surface area contributed by atoms with E-state index in [-0.39, 0.29) is 17.9 Å². The molecule has 1 aliphatic carbocycles. The predicted octanol–water partition coefficient (Wildman–Crippen LogP) is 3.77. The fraction of sp³-hybridized carbons (Fsp3) is 0.435. The van der Waals surface area contributed by atoms with Gasteiger partial charge in [0, 0.05) is 19.1 Å². The van der Waals surface area contributed by atoms with Gasteiger partial charge < -0.3 is 10.2 Å². The van der Waals surface area contributed by atoms with E-state index in [1.54, 1.807) is 18.2 Å². The summed E-state index contributed by atoms with van der Waals surface area (Å²) in [5.74, 6) is 0.323. The summed E-state index contributed by atoms with van der Waals surface area (Å²) >= 11 is 0. The van der Waals surface area contributed by atoms with Crippen LogP contribution in [-0.4, -0.2) is 40.8 Å². The molecule has 1 aromatic heterocycles. The third-order valence-corrected chi connectivity index (χ3v) is 5.93. The number of hydrogen-bond acceptors (Lipinski definition) is 3. The van der Waals surface area contributed by atoms with Crippen molar-refractivity contribution >= 4 is 11.8 Å². The fourth-order valence-corrected chi connectivity index (χ4v) is 4.32. The van der Waals surface area contributed by atoms with Gasteiger partial charge in [0.1, 0.15) is 11.4 Å². The molecule has 0 radical (unpaired) electrons. The van der Waals surface area contributed by atoms with Crippen molar-refractivity contribution in [1.82, 2.24) is 15.2 Å². The maximum atomic E-state index is 12.7. The van der Waals surface area contributed by atoms with Crippen LogP contribution in [0.3, 0.4) is 0 Å². The molecule has 0 atom stereocenters. The molecule has 1 aliphatic heterocycles. The Labute approximate surface area is 166 Å². The van der Waals surface area contributed by atoms with Gasteiger partial charge in [-0.25, -0.2) is 4.98 Å². The summed E-state index contributed by atoms with van der Waals surface area (Å²) in [6.45, 7) is 1.56. The average Bonchev–Trinajstić information content (AvgIpc) is 3.29. The second kappa shape index (κ2) is 8.55. The molecule has 0 spiro atoms. The Bertz CT molecular complexity index is 823. The van der Waals surface area contributed by atoms with E-state index in [4.69, 9.17) is 0 Å². The van der Waals surface area contributed by atoms with Crippen LogP contribution in [0.15, 0.2) is 48.5 Å². The first-order valence-electron chi connectivity index (χ1n) is 10.3. The van der Waals surface area contributed by atoms with Crippen molar-refractivity contribution in [3.63, 3.8) is 0 Å². The smallest absolute Gasteiger partial charge is 0.272 e. The normalized spacial score (nSPS) is 22.1. The van der Waals surface area contributed by atoms with Crippen molar-refractivity contribution in [1.29, 1.82) is 0 Å². The highest BCUT2D eigenvalue weighted by atomic mass is 16.2. The van der Waals surface area contributed by atoms with Crippen LogP contribution in [-0.2, 0) is 0 Å². The molecule has 0 unspecified atom stereocenters. The Morgan fingerprint density at radius 1 is 0.857 bits per heavy atom. The number of nitrogens with one attached hydrogen (secondary N) is 1. The van der Waals surface area contributed by atoms with Crippen LogP contribution in [0.2, 0.25) is 0 Å². The molecule has 4 rings (SSSR count). The number of pyridine rings is 1. The van der Waals surface area contributed by atoms with Gasteiger partial charge in [0.2, 0.25) is 0 Å².